The van der Waals surface area contributed by atoms with E-state index in [4.69, 9.17) is 0 Å². The number of aromatic nitrogens is 3. The molecule has 17 heavy (non-hydrogen) atoms. The Morgan fingerprint density at radius 2 is 2.29 bits per heavy atom. The molecule has 5 heteroatoms. The predicted molar refractivity (Wildman–Crippen MR) is 71.2 cm³/mol. The molecule has 0 bridgehead atoms. The molecule has 1 aromatic rings. The van der Waals surface area contributed by atoms with Gasteiger partial charge in [-0.15, -0.1) is 0 Å². The summed E-state index contributed by atoms with van der Waals surface area (Å²) < 4.78 is 1.84. The van der Waals surface area contributed by atoms with Gasteiger partial charge in [-0.05, 0) is 18.1 Å². The first-order valence-corrected chi connectivity index (χ1v) is 7.25. The van der Waals surface area contributed by atoms with Crippen molar-refractivity contribution in [3.63, 3.8) is 0 Å². The lowest BCUT2D eigenvalue weighted by Crippen LogP contribution is -2.15. The molecule has 0 amide bonds. The van der Waals surface area contributed by atoms with Gasteiger partial charge in [-0.25, -0.2) is 9.67 Å². The minimum atomic E-state index is 0.237. The van der Waals surface area contributed by atoms with Gasteiger partial charge < -0.3 is 0 Å². The Hall–Kier alpha value is -0.840. The minimum absolute atomic E-state index is 0.237. The molecule has 0 saturated heterocycles. The van der Waals surface area contributed by atoms with Crippen LogP contribution in [-0.4, -0.2) is 32.1 Å². The number of rotatable bonds is 8. The third-order valence-corrected chi connectivity index (χ3v) is 3.42. The van der Waals surface area contributed by atoms with Gasteiger partial charge in [-0.3, -0.25) is 4.79 Å². The Morgan fingerprint density at radius 3 is 2.94 bits per heavy atom. The van der Waals surface area contributed by atoms with Crippen LogP contribution in [-0.2, 0) is 17.8 Å². The van der Waals surface area contributed by atoms with Crippen LogP contribution in [0.1, 0.15) is 33.0 Å². The largest absolute Gasteiger partial charge is 0.298 e. The molecule has 0 fully saturated rings. The summed E-state index contributed by atoms with van der Waals surface area (Å²) in [6, 6.07) is 0. The normalized spacial score (nSPS) is 11.1. The maximum absolute atomic E-state index is 11.7. The highest BCUT2D eigenvalue weighted by atomic mass is 32.2. The Kier molecular flexibility index (Phi) is 6.26. The number of Topliss-reactive ketones (excluding diaryl/α,β-unsaturated/α-hetero) is 1. The molecule has 1 aromatic heterocycles. The zero-order valence-electron chi connectivity index (χ0n) is 10.8. The first-order chi connectivity index (χ1) is 8.13. The summed E-state index contributed by atoms with van der Waals surface area (Å²) in [5, 5.41) is 4.15. The average molecular weight is 255 g/mol. The third kappa shape index (κ3) is 5.35. The monoisotopic (exact) mass is 255 g/mol. The summed E-state index contributed by atoms with van der Waals surface area (Å²) in [5.74, 6) is 3.18. The van der Waals surface area contributed by atoms with Crippen LogP contribution < -0.4 is 0 Å². The van der Waals surface area contributed by atoms with Crippen molar-refractivity contribution >= 4 is 17.5 Å². The topological polar surface area (TPSA) is 47.8 Å². The van der Waals surface area contributed by atoms with Crippen LogP contribution in [0.25, 0.3) is 0 Å². The van der Waals surface area contributed by atoms with Crippen LogP contribution in [0.5, 0.6) is 0 Å². The molecule has 0 aromatic carbocycles. The number of hydrogen-bond acceptors (Lipinski definition) is 4. The van der Waals surface area contributed by atoms with Gasteiger partial charge in [-0.2, -0.15) is 16.9 Å². The molecule has 4 nitrogen and oxygen atoms in total. The van der Waals surface area contributed by atoms with E-state index < -0.39 is 0 Å². The van der Waals surface area contributed by atoms with Crippen molar-refractivity contribution in [2.24, 2.45) is 5.92 Å². The van der Waals surface area contributed by atoms with Gasteiger partial charge in [0.1, 0.15) is 17.9 Å². The highest BCUT2D eigenvalue weighted by Gasteiger charge is 2.10. The Balaban J connectivity index is 2.44. The van der Waals surface area contributed by atoms with E-state index in [2.05, 4.69) is 30.9 Å². The fraction of sp³-hybridized carbons (Fsp3) is 0.750. The molecular formula is C12H21N3OS. The van der Waals surface area contributed by atoms with Crippen molar-refractivity contribution in [3.8, 4) is 0 Å². The molecule has 0 N–H and O–H groups in total. The summed E-state index contributed by atoms with van der Waals surface area (Å²) in [7, 11) is 0. The lowest BCUT2D eigenvalue weighted by Gasteiger charge is -2.07. The summed E-state index contributed by atoms with van der Waals surface area (Å²) in [5.41, 5.74) is 0. The smallest absolute Gasteiger partial charge is 0.150 e. The van der Waals surface area contributed by atoms with Crippen molar-refractivity contribution < 1.29 is 4.79 Å². The molecule has 0 spiro atoms. The standard InChI is InChI=1S/C12H21N3OS/c1-4-5-17-8-11(16)6-12-13-9-14-15(12)7-10(2)3/h9-10H,4-8H2,1-3H3. The molecule has 1 heterocycles. The third-order valence-electron chi connectivity index (χ3n) is 2.20. The van der Waals surface area contributed by atoms with E-state index >= 15 is 0 Å². The van der Waals surface area contributed by atoms with Crippen molar-refractivity contribution in [1.82, 2.24) is 14.8 Å². The Morgan fingerprint density at radius 1 is 1.53 bits per heavy atom. The van der Waals surface area contributed by atoms with Crippen LogP contribution in [0, 0.1) is 5.92 Å². The first kappa shape index (κ1) is 14.2. The van der Waals surface area contributed by atoms with E-state index in [1.165, 1.54) is 6.33 Å². The van der Waals surface area contributed by atoms with Crippen LogP contribution >= 0.6 is 11.8 Å². The van der Waals surface area contributed by atoms with Gasteiger partial charge in [-0.1, -0.05) is 20.8 Å². The molecule has 0 aliphatic carbocycles. The van der Waals surface area contributed by atoms with E-state index in [1.54, 1.807) is 11.8 Å². The lowest BCUT2D eigenvalue weighted by atomic mass is 10.2. The zero-order valence-corrected chi connectivity index (χ0v) is 11.7. The fourth-order valence-corrected chi connectivity index (χ4v) is 2.24. The number of carbonyl (C=O) groups excluding carboxylic acids is 1. The minimum Gasteiger partial charge on any atom is -0.298 e. The fourth-order valence-electron chi connectivity index (χ4n) is 1.48. The van der Waals surface area contributed by atoms with Crippen molar-refractivity contribution in [1.29, 1.82) is 0 Å². The summed E-state index contributed by atoms with van der Waals surface area (Å²) >= 11 is 1.70. The van der Waals surface area contributed by atoms with Crippen LogP contribution in [0.3, 0.4) is 0 Å². The van der Waals surface area contributed by atoms with E-state index in [1.807, 2.05) is 4.68 Å². The molecule has 0 radical (unpaired) electrons. The number of ketones is 1. The summed E-state index contributed by atoms with van der Waals surface area (Å²) in [6.45, 7) is 7.20. The molecule has 0 atom stereocenters. The molecular weight excluding hydrogens is 234 g/mol. The van der Waals surface area contributed by atoms with E-state index in [-0.39, 0.29) is 5.78 Å². The quantitative estimate of drug-likeness (QED) is 0.668. The van der Waals surface area contributed by atoms with E-state index in [0.717, 1.165) is 24.5 Å². The Bertz CT molecular complexity index is 349. The SMILES string of the molecule is CCCSCC(=O)Cc1ncnn1CC(C)C. The summed E-state index contributed by atoms with van der Waals surface area (Å²) in [4.78, 5) is 15.9. The molecule has 0 unspecified atom stereocenters. The zero-order chi connectivity index (χ0) is 12.7. The van der Waals surface area contributed by atoms with Crippen molar-refractivity contribution in [3.05, 3.63) is 12.2 Å². The van der Waals surface area contributed by atoms with Gasteiger partial charge in [0.05, 0.1) is 12.2 Å². The van der Waals surface area contributed by atoms with Gasteiger partial charge in [0.2, 0.25) is 0 Å². The number of thioether (sulfide) groups is 1. The van der Waals surface area contributed by atoms with Crippen LogP contribution in [0.4, 0.5) is 0 Å². The van der Waals surface area contributed by atoms with E-state index in [0.29, 0.717) is 18.1 Å². The van der Waals surface area contributed by atoms with Crippen LogP contribution in [0.15, 0.2) is 6.33 Å². The second kappa shape index (κ2) is 7.48. The number of nitrogens with zero attached hydrogens (tertiary/aromatic N) is 3. The predicted octanol–water partition coefficient (Wildman–Crippen LogP) is 2.19. The maximum atomic E-state index is 11.7. The van der Waals surface area contributed by atoms with E-state index in [9.17, 15) is 4.79 Å². The van der Waals surface area contributed by atoms with Crippen molar-refractivity contribution in [2.75, 3.05) is 11.5 Å². The second-order valence-electron chi connectivity index (χ2n) is 4.52. The molecule has 96 valence electrons. The molecule has 0 saturated carbocycles. The highest BCUT2D eigenvalue weighted by molar-refractivity contribution is 7.99. The molecule has 0 aliphatic rings. The summed E-state index contributed by atoms with van der Waals surface area (Å²) in [6.07, 6.45) is 3.05. The highest BCUT2D eigenvalue weighted by Crippen LogP contribution is 2.06. The van der Waals surface area contributed by atoms with Gasteiger partial charge in [0.15, 0.2) is 0 Å². The number of hydrogen-bond donors (Lipinski definition) is 0. The average Bonchev–Trinajstić information content (AvgIpc) is 2.65. The Labute approximate surface area is 107 Å². The molecule has 0 aliphatic heterocycles. The lowest BCUT2D eigenvalue weighted by molar-refractivity contribution is -0.116. The van der Waals surface area contributed by atoms with Gasteiger partial charge in [0.25, 0.3) is 0 Å². The first-order valence-electron chi connectivity index (χ1n) is 6.09. The maximum Gasteiger partial charge on any atom is 0.150 e. The van der Waals surface area contributed by atoms with Gasteiger partial charge >= 0.3 is 0 Å². The van der Waals surface area contributed by atoms with Crippen LogP contribution in [0.2, 0.25) is 0 Å². The molecule has 1 rings (SSSR count). The number of carbonyl (C=O) groups is 1. The van der Waals surface area contributed by atoms with Crippen molar-refractivity contribution in [2.45, 2.75) is 40.2 Å². The van der Waals surface area contributed by atoms with Gasteiger partial charge in [0, 0.05) is 6.54 Å². The second-order valence-corrected chi connectivity index (χ2v) is 5.63.